The predicted octanol–water partition coefficient (Wildman–Crippen LogP) is 2.56. The maximum absolute atomic E-state index is 12.7. The van der Waals surface area contributed by atoms with Crippen LogP contribution in [0.15, 0.2) is 23.4 Å². The van der Waals surface area contributed by atoms with Crippen molar-refractivity contribution in [1.29, 1.82) is 0 Å². The molecular formula is C16H24N2O4S. The van der Waals surface area contributed by atoms with Crippen LogP contribution in [0.1, 0.15) is 39.2 Å². The van der Waals surface area contributed by atoms with Crippen LogP contribution in [0.5, 0.6) is 0 Å². The molecule has 0 bridgehead atoms. The molecule has 2 heterocycles. The molecule has 1 aliphatic rings. The van der Waals surface area contributed by atoms with Gasteiger partial charge in [0.1, 0.15) is 5.60 Å². The minimum Gasteiger partial charge on any atom is -0.444 e. The molecule has 1 saturated heterocycles. The van der Waals surface area contributed by atoms with E-state index in [9.17, 15) is 13.2 Å². The molecule has 23 heavy (non-hydrogen) atoms. The highest BCUT2D eigenvalue weighted by atomic mass is 32.2. The van der Waals surface area contributed by atoms with Crippen LogP contribution in [0.2, 0.25) is 0 Å². The summed E-state index contributed by atoms with van der Waals surface area (Å²) in [6.45, 7) is 7.89. The minimum atomic E-state index is -3.55. The third-order valence-corrected chi connectivity index (χ3v) is 5.73. The van der Waals surface area contributed by atoms with Crippen molar-refractivity contribution in [3.63, 3.8) is 0 Å². The lowest BCUT2D eigenvalue weighted by molar-refractivity contribution is 0.0219. The highest BCUT2D eigenvalue weighted by molar-refractivity contribution is 7.92. The number of rotatable bonds is 2. The number of piperidine rings is 1. The van der Waals surface area contributed by atoms with E-state index in [-0.39, 0.29) is 11.6 Å². The quantitative estimate of drug-likeness (QED) is 0.827. The predicted molar refractivity (Wildman–Crippen MR) is 87.0 cm³/mol. The van der Waals surface area contributed by atoms with E-state index in [1.54, 1.807) is 33.0 Å². The van der Waals surface area contributed by atoms with Crippen LogP contribution in [0.3, 0.4) is 0 Å². The van der Waals surface area contributed by atoms with E-state index < -0.39 is 26.8 Å². The Morgan fingerprint density at radius 2 is 2.04 bits per heavy atom. The van der Waals surface area contributed by atoms with Crippen LogP contribution < -0.4 is 0 Å². The maximum atomic E-state index is 12.7. The highest BCUT2D eigenvalue weighted by Gasteiger charge is 2.35. The number of carbonyl (C=O) groups excluding carboxylic acids is 1. The zero-order valence-electron chi connectivity index (χ0n) is 14.1. The summed E-state index contributed by atoms with van der Waals surface area (Å²) in [5.74, 6) is 0. The zero-order chi connectivity index (χ0) is 17.3. The first-order chi connectivity index (χ1) is 10.6. The summed E-state index contributed by atoms with van der Waals surface area (Å²) in [7, 11) is -3.55. The number of pyridine rings is 1. The van der Waals surface area contributed by atoms with Gasteiger partial charge in [0.05, 0.1) is 5.25 Å². The number of sulfone groups is 1. The van der Waals surface area contributed by atoms with Crippen molar-refractivity contribution in [2.45, 2.75) is 56.4 Å². The number of nitrogens with zero attached hydrogens (tertiary/aromatic N) is 2. The molecule has 2 rings (SSSR count). The van der Waals surface area contributed by atoms with Gasteiger partial charge in [-0.3, -0.25) is 0 Å². The largest absolute Gasteiger partial charge is 0.444 e. The van der Waals surface area contributed by atoms with Crippen molar-refractivity contribution in [2.75, 3.05) is 13.1 Å². The van der Waals surface area contributed by atoms with E-state index in [0.29, 0.717) is 19.4 Å². The van der Waals surface area contributed by atoms with Gasteiger partial charge < -0.3 is 9.64 Å². The van der Waals surface area contributed by atoms with Gasteiger partial charge in [0.15, 0.2) is 14.9 Å². The maximum Gasteiger partial charge on any atom is 0.410 e. The molecule has 0 aliphatic carbocycles. The lowest BCUT2D eigenvalue weighted by atomic mass is 10.1. The Kier molecular flexibility index (Phi) is 4.98. The molecule has 1 unspecified atom stereocenters. The van der Waals surface area contributed by atoms with Gasteiger partial charge in [-0.1, -0.05) is 6.07 Å². The standard InChI is InChI=1S/C16H24N2O4S/c1-12-7-8-14(17-10-12)23(20,21)13-6-5-9-18(11-13)15(19)22-16(2,3)4/h7-8,10,13H,5-6,9,11H2,1-4H3. The molecule has 0 radical (unpaired) electrons. The van der Waals surface area contributed by atoms with Crippen LogP contribution in [-0.2, 0) is 14.6 Å². The van der Waals surface area contributed by atoms with E-state index >= 15 is 0 Å². The minimum absolute atomic E-state index is 0.0686. The Balaban J connectivity index is 2.14. The summed E-state index contributed by atoms with van der Waals surface area (Å²) in [6, 6.07) is 3.26. The van der Waals surface area contributed by atoms with Gasteiger partial charge in [-0.2, -0.15) is 0 Å². The van der Waals surface area contributed by atoms with E-state index in [1.807, 2.05) is 6.92 Å². The van der Waals surface area contributed by atoms with Gasteiger partial charge in [-0.25, -0.2) is 18.2 Å². The van der Waals surface area contributed by atoms with E-state index in [2.05, 4.69) is 4.98 Å². The van der Waals surface area contributed by atoms with E-state index in [0.717, 1.165) is 5.56 Å². The second kappa shape index (κ2) is 6.47. The summed E-state index contributed by atoms with van der Waals surface area (Å²) < 4.78 is 30.8. The Morgan fingerprint density at radius 3 is 2.61 bits per heavy atom. The normalized spacial score (nSPS) is 19.5. The van der Waals surface area contributed by atoms with Crippen LogP contribution in [0.25, 0.3) is 0 Å². The summed E-state index contributed by atoms with van der Waals surface area (Å²) in [5.41, 5.74) is 0.310. The van der Waals surface area contributed by atoms with E-state index in [1.165, 1.54) is 11.0 Å². The van der Waals surface area contributed by atoms with Crippen LogP contribution in [-0.4, -0.2) is 48.3 Å². The molecule has 7 heteroatoms. The fraction of sp³-hybridized carbons (Fsp3) is 0.625. The number of amides is 1. The number of ether oxygens (including phenoxy) is 1. The molecule has 1 fully saturated rings. The monoisotopic (exact) mass is 340 g/mol. The molecule has 0 spiro atoms. The average molecular weight is 340 g/mol. The van der Waals surface area contributed by atoms with Gasteiger partial charge in [0, 0.05) is 19.3 Å². The van der Waals surface area contributed by atoms with E-state index in [4.69, 9.17) is 4.74 Å². The molecule has 1 aromatic rings. The SMILES string of the molecule is Cc1ccc(S(=O)(=O)C2CCCN(C(=O)OC(C)(C)C)C2)nc1. The van der Waals surface area contributed by atoms with Crippen molar-refractivity contribution >= 4 is 15.9 Å². The number of likely N-dealkylation sites (tertiary alicyclic amines) is 1. The smallest absolute Gasteiger partial charge is 0.410 e. The van der Waals surface area contributed by atoms with Gasteiger partial charge >= 0.3 is 6.09 Å². The van der Waals surface area contributed by atoms with Crippen molar-refractivity contribution in [3.05, 3.63) is 23.9 Å². The molecular weight excluding hydrogens is 316 g/mol. The van der Waals surface area contributed by atoms with Gasteiger partial charge in [-0.05, 0) is 52.2 Å². The molecule has 1 aliphatic heterocycles. The summed E-state index contributed by atoms with van der Waals surface area (Å²) >= 11 is 0. The van der Waals surface area contributed by atoms with Crippen molar-refractivity contribution in [1.82, 2.24) is 9.88 Å². The second-order valence-electron chi connectivity index (χ2n) is 6.91. The number of carbonyl (C=O) groups is 1. The fourth-order valence-electron chi connectivity index (χ4n) is 2.48. The fourth-order valence-corrected chi connectivity index (χ4v) is 4.13. The van der Waals surface area contributed by atoms with Crippen LogP contribution >= 0.6 is 0 Å². The first-order valence-electron chi connectivity index (χ1n) is 7.74. The Labute approximate surface area is 137 Å². The molecule has 1 aromatic heterocycles. The number of aromatic nitrogens is 1. The van der Waals surface area contributed by atoms with Crippen molar-refractivity contribution < 1.29 is 17.9 Å². The van der Waals surface area contributed by atoms with Crippen molar-refractivity contribution in [2.24, 2.45) is 0 Å². The Bertz CT molecular complexity index is 662. The van der Waals surface area contributed by atoms with Crippen molar-refractivity contribution in [3.8, 4) is 0 Å². The molecule has 1 amide bonds. The summed E-state index contributed by atoms with van der Waals surface area (Å²) in [5, 5.41) is -0.571. The number of aryl methyl sites for hydroxylation is 1. The summed E-state index contributed by atoms with van der Waals surface area (Å²) in [6.07, 6.45) is 2.24. The van der Waals surface area contributed by atoms with Crippen LogP contribution in [0, 0.1) is 6.92 Å². The van der Waals surface area contributed by atoms with Gasteiger partial charge in [-0.15, -0.1) is 0 Å². The highest BCUT2D eigenvalue weighted by Crippen LogP contribution is 2.24. The Morgan fingerprint density at radius 1 is 1.35 bits per heavy atom. The Hall–Kier alpha value is -1.63. The second-order valence-corrected chi connectivity index (χ2v) is 9.08. The first-order valence-corrected chi connectivity index (χ1v) is 9.29. The third-order valence-electron chi connectivity index (χ3n) is 3.64. The summed E-state index contributed by atoms with van der Waals surface area (Å²) in [4.78, 5) is 17.7. The molecule has 6 nitrogen and oxygen atoms in total. The first kappa shape index (κ1) is 17.7. The van der Waals surface area contributed by atoms with Gasteiger partial charge in [0.25, 0.3) is 0 Å². The third kappa shape index (κ3) is 4.43. The topological polar surface area (TPSA) is 76.6 Å². The number of hydrogen-bond acceptors (Lipinski definition) is 5. The molecule has 0 aromatic carbocycles. The molecule has 0 saturated carbocycles. The van der Waals surface area contributed by atoms with Gasteiger partial charge in [0.2, 0.25) is 0 Å². The molecule has 0 N–H and O–H groups in total. The lowest BCUT2D eigenvalue weighted by Crippen LogP contribution is -2.47. The lowest BCUT2D eigenvalue weighted by Gasteiger charge is -2.33. The average Bonchev–Trinajstić information content (AvgIpc) is 2.46. The molecule has 128 valence electrons. The zero-order valence-corrected chi connectivity index (χ0v) is 14.9. The van der Waals surface area contributed by atoms with Crippen LogP contribution in [0.4, 0.5) is 4.79 Å². The number of hydrogen-bond donors (Lipinski definition) is 0. The molecule has 1 atom stereocenters.